The molecule has 1 aliphatic heterocycles. The zero-order chi connectivity index (χ0) is 42.5. The van der Waals surface area contributed by atoms with Gasteiger partial charge >= 0.3 is 24.5 Å². The van der Waals surface area contributed by atoms with Crippen molar-refractivity contribution in [3.05, 3.63) is 48.0 Å². The fourth-order valence-electron chi connectivity index (χ4n) is 4.69. The maximum absolute atomic E-state index is 13.6. The third-order valence-electron chi connectivity index (χ3n) is 6.92. The normalized spacial score (nSPS) is 14.4. The van der Waals surface area contributed by atoms with Gasteiger partial charge in [0.15, 0.2) is 5.75 Å². The number of nitrogen functional groups attached to an aromatic ring is 2. The topological polar surface area (TPSA) is 209 Å². The molecule has 1 fully saturated rings. The minimum Gasteiger partial charge on any atom is -0.484 e. The summed E-state index contributed by atoms with van der Waals surface area (Å²) < 4.78 is 62.6. The van der Waals surface area contributed by atoms with Gasteiger partial charge in [-0.05, 0) is 99.4 Å². The van der Waals surface area contributed by atoms with E-state index in [1.165, 1.54) is 4.90 Å². The van der Waals surface area contributed by atoms with Crippen LogP contribution in [0.5, 0.6) is 5.75 Å². The number of nitrogens with one attached hydrogen (secondary N) is 3. The minimum absolute atomic E-state index is 0.0505. The van der Waals surface area contributed by atoms with Crippen LogP contribution in [0.4, 0.5) is 44.6 Å². The number of unbranched alkanes of at least 4 members (excludes halogenated alkanes) is 1. The van der Waals surface area contributed by atoms with Crippen LogP contribution in [0.3, 0.4) is 0 Å². The van der Waals surface area contributed by atoms with Crippen molar-refractivity contribution < 1.29 is 51.3 Å². The number of alkyl halides is 3. The molecule has 0 spiro atoms. The van der Waals surface area contributed by atoms with E-state index in [1.807, 2.05) is 30.3 Å². The summed E-state index contributed by atoms with van der Waals surface area (Å²) in [7, 11) is 0. The van der Waals surface area contributed by atoms with Crippen molar-refractivity contribution in [1.29, 1.82) is 0 Å². The Morgan fingerprint density at radius 1 is 0.821 bits per heavy atom. The molecule has 1 saturated heterocycles. The Morgan fingerprint density at radius 2 is 1.38 bits per heavy atom. The summed E-state index contributed by atoms with van der Waals surface area (Å²) in [5.41, 5.74) is 8.13. The molecule has 0 saturated carbocycles. The summed E-state index contributed by atoms with van der Waals surface area (Å²) in [5.74, 6) is -0.993. The highest BCUT2D eigenvalue weighted by Gasteiger charge is 2.35. The van der Waals surface area contributed by atoms with Crippen LogP contribution in [0.2, 0.25) is 0 Å². The Balaban J connectivity index is 0.00000138. The number of hydrogen-bond acceptors (Lipinski definition) is 11. The molecular weight excluding hydrogens is 739 g/mol. The Morgan fingerprint density at radius 3 is 1.86 bits per heavy atom. The lowest BCUT2D eigenvalue weighted by atomic mass is 10.1. The molecule has 312 valence electrons. The van der Waals surface area contributed by atoms with E-state index >= 15 is 0 Å². The maximum atomic E-state index is 13.6. The molecule has 4 amide bonds. The molecule has 3 rings (SSSR count). The second-order valence-electron chi connectivity index (χ2n) is 15.8. The quantitative estimate of drug-likeness (QED) is 0.0586. The number of likely N-dealkylation sites (tertiary alicyclic amines) is 1. The van der Waals surface area contributed by atoms with Crippen molar-refractivity contribution in [2.75, 3.05) is 36.4 Å². The van der Waals surface area contributed by atoms with E-state index < -0.39 is 58.8 Å². The van der Waals surface area contributed by atoms with E-state index in [-0.39, 0.29) is 49.0 Å². The number of amides is 4. The molecule has 1 atom stereocenters. The highest BCUT2D eigenvalue weighted by atomic mass is 19.4. The van der Waals surface area contributed by atoms with Gasteiger partial charge < -0.3 is 40.6 Å². The smallest absolute Gasteiger partial charge is 0.416 e. The number of benzene rings is 2. The van der Waals surface area contributed by atoms with Crippen molar-refractivity contribution in [2.45, 2.75) is 117 Å². The van der Waals surface area contributed by atoms with Gasteiger partial charge in [-0.25, -0.2) is 14.4 Å². The monoisotopic (exact) mass is 795 g/mol. The molecule has 1 heterocycles. The number of halogens is 3. The van der Waals surface area contributed by atoms with Crippen LogP contribution in [0.15, 0.2) is 47.5 Å². The summed E-state index contributed by atoms with van der Waals surface area (Å²) >= 11 is 0. The summed E-state index contributed by atoms with van der Waals surface area (Å²) in [6.45, 7) is 15.6. The summed E-state index contributed by atoms with van der Waals surface area (Å²) in [6.07, 6.45) is -6.87. The van der Waals surface area contributed by atoms with Crippen molar-refractivity contribution in [3.63, 3.8) is 0 Å². The zero-order valence-corrected chi connectivity index (χ0v) is 33.5. The van der Waals surface area contributed by atoms with Crippen molar-refractivity contribution in [3.8, 4) is 5.75 Å². The molecular formula is C38H56F3N7O8. The van der Waals surface area contributed by atoms with Gasteiger partial charge in [0.1, 0.15) is 22.9 Å². The van der Waals surface area contributed by atoms with Gasteiger partial charge in [-0.1, -0.05) is 18.2 Å². The Bertz CT molecular complexity index is 1640. The minimum atomic E-state index is -4.75. The number of nitrogens with zero attached hydrogens (tertiary/aromatic N) is 2. The third-order valence-corrected chi connectivity index (χ3v) is 6.92. The van der Waals surface area contributed by atoms with Gasteiger partial charge in [0.25, 0.3) is 0 Å². The maximum Gasteiger partial charge on any atom is 0.416 e. The predicted molar refractivity (Wildman–Crippen MR) is 207 cm³/mol. The van der Waals surface area contributed by atoms with Crippen LogP contribution in [-0.2, 0) is 25.2 Å². The molecule has 0 aliphatic carbocycles. The first-order valence-electron chi connectivity index (χ1n) is 18.0. The van der Waals surface area contributed by atoms with Gasteiger partial charge in [-0.15, -0.1) is 0 Å². The molecule has 0 radical (unpaired) electrons. The molecule has 0 unspecified atom stereocenters. The molecule has 2 aromatic carbocycles. The van der Waals surface area contributed by atoms with Crippen LogP contribution in [-0.4, -0.2) is 77.6 Å². The molecule has 7 N–H and O–H groups in total. The predicted octanol–water partition coefficient (Wildman–Crippen LogP) is 7.46. The lowest BCUT2D eigenvalue weighted by Gasteiger charge is -2.24. The Kier molecular flexibility index (Phi) is 16.7. The fourth-order valence-corrected chi connectivity index (χ4v) is 4.69. The van der Waals surface area contributed by atoms with E-state index in [4.69, 9.17) is 30.4 Å². The van der Waals surface area contributed by atoms with Gasteiger partial charge in [-0.2, -0.15) is 13.2 Å². The van der Waals surface area contributed by atoms with Crippen LogP contribution in [0.1, 0.15) is 93.6 Å². The number of aliphatic imine (C=N–C) groups is 1. The molecule has 1 aliphatic rings. The lowest BCUT2D eigenvalue weighted by molar-refractivity contribution is -0.137. The number of nitrogens with two attached hydrogens (primary N) is 2. The Labute approximate surface area is 326 Å². The van der Waals surface area contributed by atoms with E-state index in [2.05, 4.69) is 20.9 Å². The van der Waals surface area contributed by atoms with Gasteiger partial charge in [0, 0.05) is 31.6 Å². The van der Waals surface area contributed by atoms with Crippen molar-refractivity contribution in [1.82, 2.24) is 15.5 Å². The number of carbonyl (C=O) groups is 4. The highest BCUT2D eigenvalue weighted by Crippen LogP contribution is 2.40. The molecule has 0 bridgehead atoms. The second-order valence-corrected chi connectivity index (χ2v) is 15.8. The van der Waals surface area contributed by atoms with Gasteiger partial charge in [0.05, 0.1) is 23.5 Å². The molecule has 15 nitrogen and oxygen atoms in total. The number of para-hydroxylation sites is 1. The third kappa shape index (κ3) is 18.8. The van der Waals surface area contributed by atoms with Crippen LogP contribution in [0.25, 0.3) is 0 Å². The van der Waals surface area contributed by atoms with Crippen LogP contribution < -0.4 is 32.2 Å². The summed E-state index contributed by atoms with van der Waals surface area (Å²) in [6, 6.07) is 10.9. The number of anilines is 3. The van der Waals surface area contributed by atoms with Crippen LogP contribution >= 0.6 is 0 Å². The SMILES string of the molecule is CC(C)(C)OC(=O)NC(=NCCCCC(=O)Nc1cc(C(F)(F)F)cc(N)c1O[C@@H]1CCN(C(=O)OC(C)(C)C)C1)NC(=O)OC(C)(C)C.Nc1ccccc1. The molecule has 2 aromatic rings. The molecule has 56 heavy (non-hydrogen) atoms. The Hall–Kier alpha value is -5.42. The number of alkyl carbamates (subject to hydrolysis) is 2. The van der Waals surface area contributed by atoms with E-state index in [0.29, 0.717) is 19.4 Å². The number of ether oxygens (including phenoxy) is 4. The van der Waals surface area contributed by atoms with Crippen LogP contribution in [0, 0.1) is 0 Å². The standard InChI is InChI=1S/C32H49F3N6O8.C6H7N/c1-29(2,3)47-26(43)39-25(40-27(44)48-30(4,5)6)37-14-11-10-12-23(42)38-22-17-19(32(33,34)35)16-21(36)24(22)46-20-13-15-41(18-20)28(45)49-31(7,8)9;7-6-4-2-1-3-5-6/h16-17,20H,10-15,18,36H2,1-9H3,(H,38,42)(H2,37,39,40,43,44);1-5H,7H2/t20-;/m1./s1. The van der Waals surface area contributed by atoms with E-state index in [9.17, 15) is 32.3 Å². The molecule has 18 heteroatoms. The number of carbonyl (C=O) groups excluding carboxylic acids is 4. The lowest BCUT2D eigenvalue weighted by Crippen LogP contribution is -2.47. The molecule has 0 aromatic heterocycles. The summed E-state index contributed by atoms with van der Waals surface area (Å²) in [5, 5.41) is 7.17. The first kappa shape index (κ1) is 46.7. The zero-order valence-electron chi connectivity index (χ0n) is 33.5. The van der Waals surface area contributed by atoms with E-state index in [1.54, 1.807) is 62.3 Å². The van der Waals surface area contributed by atoms with E-state index in [0.717, 1.165) is 17.8 Å². The fraction of sp³-hybridized carbons (Fsp3) is 0.553. The first-order chi connectivity index (χ1) is 25.7. The average Bonchev–Trinajstić information content (AvgIpc) is 3.49. The van der Waals surface area contributed by atoms with Gasteiger partial charge in [0.2, 0.25) is 11.9 Å². The number of hydrogen-bond donors (Lipinski definition) is 5. The average molecular weight is 796 g/mol. The van der Waals surface area contributed by atoms with Crippen molar-refractivity contribution in [2.24, 2.45) is 4.99 Å². The van der Waals surface area contributed by atoms with Gasteiger partial charge in [-0.3, -0.25) is 20.4 Å². The highest BCUT2D eigenvalue weighted by molar-refractivity contribution is 6.01. The second kappa shape index (κ2) is 20.0. The summed E-state index contributed by atoms with van der Waals surface area (Å²) in [4.78, 5) is 55.4. The number of guanidine groups is 1. The van der Waals surface area contributed by atoms with Crippen molar-refractivity contribution >= 4 is 47.2 Å². The number of rotatable bonds is 8. The first-order valence-corrected chi connectivity index (χ1v) is 18.0. The largest absolute Gasteiger partial charge is 0.484 e.